The molecule has 82 valence electrons. The van der Waals surface area contributed by atoms with Crippen molar-refractivity contribution in [3.05, 3.63) is 38.1 Å². The van der Waals surface area contributed by atoms with Gasteiger partial charge in [-0.25, -0.2) is 0 Å². The maximum absolute atomic E-state index is 10.7. The number of nitrogens with one attached hydrogen (secondary N) is 2. The first-order valence-corrected chi connectivity index (χ1v) is 4.95. The Morgan fingerprint density at radius 3 is 2.75 bits per heavy atom. The Labute approximate surface area is 99.4 Å². The normalized spacial score (nSPS) is 10.3. The minimum atomic E-state index is -0.549. The third-order valence-corrected chi connectivity index (χ3v) is 2.43. The number of hydrogen-bond donors (Lipinski definition) is 2. The van der Waals surface area contributed by atoms with Crippen molar-refractivity contribution in [2.24, 2.45) is 0 Å². The summed E-state index contributed by atoms with van der Waals surface area (Å²) in [7, 11) is 0. The van der Waals surface area contributed by atoms with Gasteiger partial charge in [-0.1, -0.05) is 11.6 Å². The van der Waals surface area contributed by atoms with Crippen molar-refractivity contribution in [2.75, 3.05) is 0 Å². The van der Waals surface area contributed by atoms with Crippen LogP contribution in [-0.2, 0) is 0 Å². The second-order valence-electron chi connectivity index (χ2n) is 2.94. The Morgan fingerprint density at radius 2 is 2.19 bits per heavy atom. The van der Waals surface area contributed by atoms with E-state index in [1.54, 1.807) is 6.07 Å². The van der Waals surface area contributed by atoms with E-state index in [4.69, 9.17) is 23.8 Å². The summed E-state index contributed by atoms with van der Waals surface area (Å²) >= 11 is 10.5. The molecular weight excluding hydrogens is 252 g/mol. The first kappa shape index (κ1) is 10.8. The third kappa shape index (κ3) is 1.95. The van der Waals surface area contributed by atoms with E-state index in [1.807, 2.05) is 0 Å². The lowest BCUT2D eigenvalue weighted by Gasteiger charge is -1.98. The number of nitrogens with zero attached hydrogens (tertiary/aromatic N) is 2. The van der Waals surface area contributed by atoms with Crippen LogP contribution in [0.15, 0.2) is 18.2 Å². The van der Waals surface area contributed by atoms with Crippen LogP contribution in [0, 0.1) is 14.9 Å². The molecule has 0 aliphatic rings. The number of rotatable bonds is 2. The van der Waals surface area contributed by atoms with Crippen LogP contribution < -0.4 is 0 Å². The molecule has 2 aromatic rings. The average Bonchev–Trinajstić information content (AvgIpc) is 2.65. The summed E-state index contributed by atoms with van der Waals surface area (Å²) in [6.45, 7) is 0. The molecule has 0 aliphatic heterocycles. The fraction of sp³-hybridized carbons (Fsp3) is 0. The molecule has 0 radical (unpaired) electrons. The van der Waals surface area contributed by atoms with E-state index in [2.05, 4.69) is 15.2 Å². The molecule has 0 amide bonds. The molecule has 0 spiro atoms. The van der Waals surface area contributed by atoms with Crippen LogP contribution in [0.2, 0.25) is 5.02 Å². The summed E-state index contributed by atoms with van der Waals surface area (Å²) in [5.74, 6) is 0.435. The number of aromatic amines is 2. The lowest BCUT2D eigenvalue weighted by Crippen LogP contribution is -1.90. The fourth-order valence-corrected chi connectivity index (χ4v) is 1.54. The number of benzene rings is 1. The van der Waals surface area contributed by atoms with Crippen molar-refractivity contribution in [1.29, 1.82) is 0 Å². The van der Waals surface area contributed by atoms with Gasteiger partial charge in [0.15, 0.2) is 5.82 Å². The Kier molecular flexibility index (Phi) is 2.71. The van der Waals surface area contributed by atoms with Gasteiger partial charge in [-0.3, -0.25) is 20.3 Å². The van der Waals surface area contributed by atoms with Gasteiger partial charge in [-0.15, -0.1) is 0 Å². The summed E-state index contributed by atoms with van der Waals surface area (Å²) in [6, 6.07) is 4.40. The molecule has 0 saturated carbocycles. The Hall–Kier alpha value is -1.73. The number of halogens is 1. The van der Waals surface area contributed by atoms with Gasteiger partial charge in [0.1, 0.15) is 5.02 Å². The average molecular weight is 257 g/mol. The minimum Gasteiger partial charge on any atom is -0.282 e. The molecular formula is C8H5ClN4O2S. The standard InChI is InChI=1S/C8H5ClN4O2S/c9-5-2-1-4(3-6(5)13(14)15)7-10-8(16)12-11-7/h1-3H,(H2,10,11,12,16). The van der Waals surface area contributed by atoms with Crippen LogP contribution in [0.1, 0.15) is 0 Å². The number of nitro groups is 1. The third-order valence-electron chi connectivity index (χ3n) is 1.92. The van der Waals surface area contributed by atoms with E-state index in [-0.39, 0.29) is 15.5 Å². The Balaban J connectivity index is 2.55. The van der Waals surface area contributed by atoms with Crippen LogP contribution in [0.3, 0.4) is 0 Å². The zero-order valence-corrected chi connectivity index (χ0v) is 9.30. The molecule has 1 aromatic carbocycles. The van der Waals surface area contributed by atoms with Crippen molar-refractivity contribution in [3.8, 4) is 11.4 Å². The SMILES string of the molecule is O=[N+]([O-])c1cc(-c2nc(=S)[nH][nH]2)ccc1Cl. The molecule has 0 atom stereocenters. The second kappa shape index (κ2) is 4.03. The Morgan fingerprint density at radius 1 is 1.44 bits per heavy atom. The van der Waals surface area contributed by atoms with E-state index in [0.717, 1.165) is 0 Å². The first-order valence-electron chi connectivity index (χ1n) is 4.17. The monoisotopic (exact) mass is 256 g/mol. The van der Waals surface area contributed by atoms with Crippen LogP contribution >= 0.6 is 23.8 Å². The van der Waals surface area contributed by atoms with Gasteiger partial charge >= 0.3 is 0 Å². The topological polar surface area (TPSA) is 87.6 Å². The minimum absolute atomic E-state index is 0.0860. The highest BCUT2D eigenvalue weighted by Gasteiger charge is 2.14. The van der Waals surface area contributed by atoms with Crippen LogP contribution in [-0.4, -0.2) is 20.1 Å². The molecule has 0 bridgehead atoms. The van der Waals surface area contributed by atoms with Crippen molar-refractivity contribution >= 4 is 29.5 Å². The number of aromatic nitrogens is 3. The lowest BCUT2D eigenvalue weighted by atomic mass is 10.2. The zero-order valence-electron chi connectivity index (χ0n) is 7.73. The van der Waals surface area contributed by atoms with Gasteiger partial charge in [-0.2, -0.15) is 4.98 Å². The van der Waals surface area contributed by atoms with Gasteiger partial charge in [0, 0.05) is 11.6 Å². The van der Waals surface area contributed by atoms with Gasteiger partial charge in [0.2, 0.25) is 4.77 Å². The summed E-state index contributed by atoms with van der Waals surface area (Å²) < 4.78 is 0.285. The van der Waals surface area contributed by atoms with E-state index < -0.39 is 4.92 Å². The van der Waals surface area contributed by atoms with E-state index in [9.17, 15) is 10.1 Å². The van der Waals surface area contributed by atoms with Crippen molar-refractivity contribution in [2.45, 2.75) is 0 Å². The Bertz CT molecular complexity index is 606. The second-order valence-corrected chi connectivity index (χ2v) is 3.73. The summed E-state index contributed by atoms with van der Waals surface area (Å²) in [6.07, 6.45) is 0. The molecule has 16 heavy (non-hydrogen) atoms. The summed E-state index contributed by atoms with van der Waals surface area (Å²) in [4.78, 5) is 14.1. The molecule has 6 nitrogen and oxygen atoms in total. The zero-order chi connectivity index (χ0) is 11.7. The highest BCUT2D eigenvalue weighted by atomic mass is 35.5. The fourth-order valence-electron chi connectivity index (χ4n) is 1.21. The maximum atomic E-state index is 10.7. The van der Waals surface area contributed by atoms with Gasteiger partial charge in [-0.05, 0) is 24.4 Å². The van der Waals surface area contributed by atoms with Gasteiger partial charge in [0.25, 0.3) is 5.69 Å². The summed E-state index contributed by atoms with van der Waals surface area (Å²) in [5.41, 5.74) is 0.380. The van der Waals surface area contributed by atoms with Crippen molar-refractivity contribution in [1.82, 2.24) is 15.2 Å². The molecule has 0 saturated heterocycles. The van der Waals surface area contributed by atoms with Crippen molar-refractivity contribution < 1.29 is 4.92 Å². The number of H-pyrrole nitrogens is 2. The van der Waals surface area contributed by atoms with Gasteiger partial charge < -0.3 is 0 Å². The first-order chi connectivity index (χ1) is 7.58. The van der Waals surface area contributed by atoms with Crippen molar-refractivity contribution in [3.63, 3.8) is 0 Å². The molecule has 0 aliphatic carbocycles. The quantitative estimate of drug-likeness (QED) is 0.491. The largest absolute Gasteiger partial charge is 0.288 e. The molecule has 8 heteroatoms. The number of nitro benzene ring substituents is 1. The van der Waals surface area contributed by atoms with Crippen LogP contribution in [0.4, 0.5) is 5.69 Å². The predicted octanol–water partition coefficient (Wildman–Crippen LogP) is 2.70. The lowest BCUT2D eigenvalue weighted by molar-refractivity contribution is -0.384. The molecule has 1 heterocycles. The number of hydrogen-bond acceptors (Lipinski definition) is 4. The molecule has 1 aromatic heterocycles. The van der Waals surface area contributed by atoms with Crippen LogP contribution in [0.5, 0.6) is 0 Å². The van der Waals surface area contributed by atoms with Gasteiger partial charge in [0.05, 0.1) is 4.92 Å². The molecule has 2 N–H and O–H groups in total. The molecule has 2 rings (SSSR count). The molecule has 0 fully saturated rings. The smallest absolute Gasteiger partial charge is 0.282 e. The van der Waals surface area contributed by atoms with E-state index >= 15 is 0 Å². The molecule has 0 unspecified atom stereocenters. The van der Waals surface area contributed by atoms with E-state index in [0.29, 0.717) is 11.4 Å². The summed E-state index contributed by atoms with van der Waals surface area (Å²) in [5, 5.41) is 16.1. The highest BCUT2D eigenvalue weighted by Crippen LogP contribution is 2.28. The maximum Gasteiger partial charge on any atom is 0.288 e. The van der Waals surface area contributed by atoms with E-state index in [1.165, 1.54) is 12.1 Å². The highest BCUT2D eigenvalue weighted by molar-refractivity contribution is 7.71. The predicted molar refractivity (Wildman–Crippen MR) is 60.9 cm³/mol. The van der Waals surface area contributed by atoms with Crippen LogP contribution in [0.25, 0.3) is 11.4 Å².